The topological polar surface area (TPSA) is 38.3 Å². The van der Waals surface area contributed by atoms with Crippen molar-refractivity contribution in [1.82, 2.24) is 5.32 Å². The van der Waals surface area contributed by atoms with Gasteiger partial charge >= 0.3 is 5.97 Å². The van der Waals surface area contributed by atoms with Gasteiger partial charge in [-0.05, 0) is 17.5 Å². The SMILES string of the molecule is COC(=O)CC(NCc1ccccc1Br)C(C)C. The van der Waals surface area contributed by atoms with Crippen LogP contribution in [0.2, 0.25) is 0 Å². The summed E-state index contributed by atoms with van der Waals surface area (Å²) >= 11 is 3.52. The molecule has 0 aliphatic carbocycles. The lowest BCUT2D eigenvalue weighted by atomic mass is 10.0. The molecule has 1 unspecified atom stereocenters. The Kier molecular flexibility index (Phi) is 6.36. The van der Waals surface area contributed by atoms with Crippen molar-refractivity contribution in [3.63, 3.8) is 0 Å². The van der Waals surface area contributed by atoms with Gasteiger partial charge in [0.15, 0.2) is 0 Å². The number of hydrogen-bond donors (Lipinski definition) is 1. The second kappa shape index (κ2) is 7.54. The summed E-state index contributed by atoms with van der Waals surface area (Å²) in [7, 11) is 1.42. The Morgan fingerprint density at radius 3 is 2.61 bits per heavy atom. The smallest absolute Gasteiger partial charge is 0.307 e. The molecule has 3 nitrogen and oxygen atoms in total. The minimum atomic E-state index is -0.173. The van der Waals surface area contributed by atoms with Crippen molar-refractivity contribution in [2.24, 2.45) is 5.92 Å². The zero-order chi connectivity index (χ0) is 13.5. The van der Waals surface area contributed by atoms with Crippen LogP contribution in [0.25, 0.3) is 0 Å². The van der Waals surface area contributed by atoms with Gasteiger partial charge in [-0.1, -0.05) is 48.0 Å². The fourth-order valence-electron chi connectivity index (χ4n) is 1.69. The van der Waals surface area contributed by atoms with E-state index in [2.05, 4.69) is 41.2 Å². The molecule has 1 atom stereocenters. The fraction of sp³-hybridized carbons (Fsp3) is 0.500. The zero-order valence-corrected chi connectivity index (χ0v) is 12.7. The summed E-state index contributed by atoms with van der Waals surface area (Å²) < 4.78 is 5.80. The number of carbonyl (C=O) groups excluding carboxylic acids is 1. The maximum atomic E-state index is 11.3. The lowest BCUT2D eigenvalue weighted by Gasteiger charge is -2.21. The van der Waals surface area contributed by atoms with Gasteiger partial charge in [0.2, 0.25) is 0 Å². The number of halogens is 1. The van der Waals surface area contributed by atoms with E-state index in [0.29, 0.717) is 12.3 Å². The number of methoxy groups -OCH3 is 1. The van der Waals surface area contributed by atoms with Gasteiger partial charge in [-0.15, -0.1) is 0 Å². The number of nitrogens with one attached hydrogen (secondary N) is 1. The Morgan fingerprint density at radius 1 is 1.39 bits per heavy atom. The first-order valence-electron chi connectivity index (χ1n) is 6.08. The minimum absolute atomic E-state index is 0.129. The van der Waals surface area contributed by atoms with Crippen molar-refractivity contribution >= 4 is 21.9 Å². The highest BCUT2D eigenvalue weighted by molar-refractivity contribution is 9.10. The summed E-state index contributed by atoms with van der Waals surface area (Å²) in [6.07, 6.45) is 0.401. The van der Waals surface area contributed by atoms with E-state index in [4.69, 9.17) is 4.74 Å². The van der Waals surface area contributed by atoms with E-state index in [9.17, 15) is 4.79 Å². The van der Waals surface area contributed by atoms with Gasteiger partial charge < -0.3 is 10.1 Å². The molecule has 0 aromatic heterocycles. The van der Waals surface area contributed by atoms with Crippen molar-refractivity contribution in [2.45, 2.75) is 32.9 Å². The first-order chi connectivity index (χ1) is 8.54. The minimum Gasteiger partial charge on any atom is -0.469 e. The number of carbonyl (C=O) groups is 1. The van der Waals surface area contributed by atoms with E-state index in [1.807, 2.05) is 18.2 Å². The molecule has 0 heterocycles. The number of ether oxygens (including phenoxy) is 1. The number of esters is 1. The Morgan fingerprint density at radius 2 is 2.06 bits per heavy atom. The van der Waals surface area contributed by atoms with Crippen LogP contribution >= 0.6 is 15.9 Å². The lowest BCUT2D eigenvalue weighted by molar-refractivity contribution is -0.141. The monoisotopic (exact) mass is 313 g/mol. The molecule has 0 fully saturated rings. The summed E-state index contributed by atoms with van der Waals surface area (Å²) in [5.41, 5.74) is 1.19. The molecule has 1 aromatic carbocycles. The molecule has 1 aromatic rings. The standard InChI is InChI=1S/C14H20BrNO2/c1-10(2)13(8-14(17)18-3)16-9-11-6-4-5-7-12(11)15/h4-7,10,13,16H,8-9H2,1-3H3. The van der Waals surface area contributed by atoms with Crippen LogP contribution in [0.3, 0.4) is 0 Å². The molecule has 0 aliphatic rings. The van der Waals surface area contributed by atoms with E-state index in [-0.39, 0.29) is 12.0 Å². The Hall–Kier alpha value is -0.870. The predicted octanol–water partition coefficient (Wildman–Crippen LogP) is 3.13. The highest BCUT2D eigenvalue weighted by atomic mass is 79.9. The summed E-state index contributed by atoms with van der Waals surface area (Å²) in [6, 6.07) is 8.20. The maximum Gasteiger partial charge on any atom is 0.307 e. The first-order valence-corrected chi connectivity index (χ1v) is 6.87. The fourth-order valence-corrected chi connectivity index (χ4v) is 2.11. The molecule has 18 heavy (non-hydrogen) atoms. The molecule has 0 spiro atoms. The van der Waals surface area contributed by atoms with Crippen molar-refractivity contribution in [1.29, 1.82) is 0 Å². The average Bonchev–Trinajstić information content (AvgIpc) is 2.35. The molecular formula is C14H20BrNO2. The molecule has 0 bridgehead atoms. The Bertz CT molecular complexity index is 393. The van der Waals surface area contributed by atoms with Crippen LogP contribution in [0.15, 0.2) is 28.7 Å². The van der Waals surface area contributed by atoms with Crippen molar-refractivity contribution in [2.75, 3.05) is 7.11 Å². The molecule has 0 amide bonds. The molecule has 4 heteroatoms. The van der Waals surface area contributed by atoms with Crippen LogP contribution in [0, 0.1) is 5.92 Å². The predicted molar refractivity (Wildman–Crippen MR) is 76.2 cm³/mol. The summed E-state index contributed by atoms with van der Waals surface area (Å²) in [6.45, 7) is 4.93. The highest BCUT2D eigenvalue weighted by Gasteiger charge is 2.17. The van der Waals surface area contributed by atoms with Gasteiger partial charge in [0, 0.05) is 17.1 Å². The van der Waals surface area contributed by atoms with Gasteiger partial charge in [-0.25, -0.2) is 0 Å². The van der Waals surface area contributed by atoms with Crippen molar-refractivity contribution in [3.05, 3.63) is 34.3 Å². The van der Waals surface area contributed by atoms with Crippen LogP contribution < -0.4 is 5.32 Å². The highest BCUT2D eigenvalue weighted by Crippen LogP contribution is 2.16. The van der Waals surface area contributed by atoms with Crippen molar-refractivity contribution < 1.29 is 9.53 Å². The largest absolute Gasteiger partial charge is 0.469 e. The Labute approximate surface area is 117 Å². The first kappa shape index (κ1) is 15.2. The Balaban J connectivity index is 2.57. The molecule has 0 radical (unpaired) electrons. The molecule has 1 N–H and O–H groups in total. The van der Waals surface area contributed by atoms with E-state index in [1.165, 1.54) is 12.7 Å². The van der Waals surface area contributed by atoms with E-state index < -0.39 is 0 Å². The van der Waals surface area contributed by atoms with Gasteiger partial charge in [-0.3, -0.25) is 4.79 Å². The van der Waals surface area contributed by atoms with E-state index in [0.717, 1.165) is 11.0 Å². The third-order valence-corrected chi connectivity index (χ3v) is 3.71. The zero-order valence-electron chi connectivity index (χ0n) is 11.1. The van der Waals surface area contributed by atoms with Gasteiger partial charge in [0.05, 0.1) is 13.5 Å². The van der Waals surface area contributed by atoms with Crippen LogP contribution in [0.4, 0.5) is 0 Å². The van der Waals surface area contributed by atoms with Crippen LogP contribution in [0.5, 0.6) is 0 Å². The van der Waals surface area contributed by atoms with Crippen molar-refractivity contribution in [3.8, 4) is 0 Å². The normalized spacial score (nSPS) is 12.5. The molecule has 0 aliphatic heterocycles. The lowest BCUT2D eigenvalue weighted by Crippen LogP contribution is -2.35. The maximum absolute atomic E-state index is 11.3. The summed E-state index contributed by atoms with van der Waals surface area (Å²) in [4.78, 5) is 11.3. The molecular weight excluding hydrogens is 294 g/mol. The van der Waals surface area contributed by atoms with E-state index in [1.54, 1.807) is 0 Å². The van der Waals surface area contributed by atoms with Gasteiger partial charge in [0.1, 0.15) is 0 Å². The summed E-state index contributed by atoms with van der Waals surface area (Å²) in [5, 5.41) is 3.41. The molecule has 0 saturated carbocycles. The number of rotatable bonds is 6. The van der Waals surface area contributed by atoms with E-state index >= 15 is 0 Å². The third-order valence-electron chi connectivity index (χ3n) is 2.93. The molecule has 0 saturated heterocycles. The number of benzene rings is 1. The molecule has 1 rings (SSSR count). The van der Waals surface area contributed by atoms with Gasteiger partial charge in [-0.2, -0.15) is 0 Å². The number of hydrogen-bond acceptors (Lipinski definition) is 3. The second-order valence-corrected chi connectivity index (χ2v) is 5.46. The average molecular weight is 314 g/mol. The van der Waals surface area contributed by atoms with Crippen LogP contribution in [-0.4, -0.2) is 19.1 Å². The second-order valence-electron chi connectivity index (χ2n) is 4.60. The third kappa shape index (κ3) is 4.78. The van der Waals surface area contributed by atoms with Crippen LogP contribution in [0.1, 0.15) is 25.8 Å². The molecule has 100 valence electrons. The van der Waals surface area contributed by atoms with Crippen LogP contribution in [-0.2, 0) is 16.1 Å². The summed E-state index contributed by atoms with van der Waals surface area (Å²) in [5.74, 6) is 0.208. The quantitative estimate of drug-likeness (QED) is 0.820. The van der Waals surface area contributed by atoms with Gasteiger partial charge in [0.25, 0.3) is 0 Å².